The zero-order chi connectivity index (χ0) is 21.3. The number of nitrogens with zero attached hydrogens (tertiary/aromatic N) is 2. The molecule has 3 N–H and O–H groups in total. The van der Waals surface area contributed by atoms with Crippen molar-refractivity contribution in [2.75, 3.05) is 16.0 Å². The minimum Gasteiger partial charge on any atom is -0.326 e. The number of benzene rings is 2. The summed E-state index contributed by atoms with van der Waals surface area (Å²) in [5.41, 5.74) is 3.53. The van der Waals surface area contributed by atoms with Gasteiger partial charge in [-0.1, -0.05) is 36.4 Å². The Morgan fingerprint density at radius 3 is 2.47 bits per heavy atom. The van der Waals surface area contributed by atoms with E-state index < -0.39 is 6.04 Å². The number of nitrogens with one attached hydrogen (secondary N) is 3. The molecule has 0 aliphatic carbocycles. The van der Waals surface area contributed by atoms with Crippen molar-refractivity contribution in [1.29, 1.82) is 0 Å². The Hall–Kier alpha value is -3.94. The van der Waals surface area contributed by atoms with Gasteiger partial charge in [-0.15, -0.1) is 0 Å². The van der Waals surface area contributed by atoms with E-state index in [1.54, 1.807) is 28.9 Å². The fourth-order valence-corrected chi connectivity index (χ4v) is 3.52. The highest BCUT2D eigenvalue weighted by Gasteiger charge is 2.34. The van der Waals surface area contributed by atoms with E-state index in [1.807, 2.05) is 37.3 Å². The van der Waals surface area contributed by atoms with Crippen LogP contribution in [-0.2, 0) is 14.4 Å². The SMILES string of the molecule is CC(=O)Nc1cccc(NC(=O)C2CC(=O)Nc3c(C)c(-c4ccccc4)nn32)c1. The average Bonchev–Trinajstić information content (AvgIpc) is 3.04. The van der Waals surface area contributed by atoms with Crippen molar-refractivity contribution in [2.45, 2.75) is 26.3 Å². The Kier molecular flexibility index (Phi) is 5.05. The van der Waals surface area contributed by atoms with Gasteiger partial charge in [0.15, 0.2) is 0 Å². The third-order valence-corrected chi connectivity index (χ3v) is 4.88. The van der Waals surface area contributed by atoms with Crippen molar-refractivity contribution in [1.82, 2.24) is 9.78 Å². The van der Waals surface area contributed by atoms with Crippen LogP contribution in [0, 0.1) is 6.92 Å². The molecule has 0 fully saturated rings. The third kappa shape index (κ3) is 3.80. The second-order valence-corrected chi connectivity index (χ2v) is 7.15. The van der Waals surface area contributed by atoms with Crippen LogP contribution in [0.15, 0.2) is 54.6 Å². The predicted molar refractivity (Wildman–Crippen MR) is 114 cm³/mol. The highest BCUT2D eigenvalue weighted by Crippen LogP contribution is 2.34. The molecule has 3 aromatic rings. The number of rotatable bonds is 4. The molecule has 1 aromatic heterocycles. The first-order valence-electron chi connectivity index (χ1n) is 9.55. The normalized spacial score (nSPS) is 15.1. The summed E-state index contributed by atoms with van der Waals surface area (Å²) in [5.74, 6) is -0.268. The molecule has 2 heterocycles. The fraction of sp³-hybridized carbons (Fsp3) is 0.182. The first kappa shape index (κ1) is 19.4. The van der Waals surface area contributed by atoms with Gasteiger partial charge in [-0.05, 0) is 25.1 Å². The molecule has 0 spiro atoms. The number of amides is 3. The number of carbonyl (C=O) groups is 3. The number of carbonyl (C=O) groups excluding carboxylic acids is 3. The van der Waals surface area contributed by atoms with Crippen molar-refractivity contribution in [3.05, 3.63) is 60.2 Å². The molecule has 0 saturated carbocycles. The van der Waals surface area contributed by atoms with E-state index in [9.17, 15) is 14.4 Å². The van der Waals surface area contributed by atoms with Gasteiger partial charge in [0.25, 0.3) is 0 Å². The number of hydrogen-bond donors (Lipinski definition) is 3. The maximum absolute atomic E-state index is 13.0. The minimum absolute atomic E-state index is 0.0143. The highest BCUT2D eigenvalue weighted by molar-refractivity contribution is 6.02. The summed E-state index contributed by atoms with van der Waals surface area (Å²) in [6.07, 6.45) is -0.0143. The summed E-state index contributed by atoms with van der Waals surface area (Å²) in [7, 11) is 0. The standard InChI is InChI=1S/C22H21N5O3/c1-13-20(15-7-4-3-5-8-15)26-27-18(12-19(29)25-21(13)27)22(30)24-17-10-6-9-16(11-17)23-14(2)28/h3-11,18H,12H2,1-2H3,(H,23,28)(H,24,30)(H,25,29). The van der Waals surface area contributed by atoms with Crippen LogP contribution in [0.4, 0.5) is 17.2 Å². The minimum atomic E-state index is -0.783. The molecule has 152 valence electrons. The molecule has 1 unspecified atom stereocenters. The van der Waals surface area contributed by atoms with Gasteiger partial charge >= 0.3 is 0 Å². The fourth-order valence-electron chi connectivity index (χ4n) is 3.52. The lowest BCUT2D eigenvalue weighted by molar-refractivity contribution is -0.125. The quantitative estimate of drug-likeness (QED) is 0.621. The van der Waals surface area contributed by atoms with Crippen molar-refractivity contribution >= 4 is 34.9 Å². The van der Waals surface area contributed by atoms with Crippen LogP contribution < -0.4 is 16.0 Å². The van der Waals surface area contributed by atoms with E-state index in [1.165, 1.54) is 6.92 Å². The monoisotopic (exact) mass is 403 g/mol. The maximum atomic E-state index is 13.0. The Labute approximate surface area is 173 Å². The third-order valence-electron chi connectivity index (χ3n) is 4.88. The van der Waals surface area contributed by atoms with Gasteiger partial charge in [0, 0.05) is 29.4 Å². The molecule has 8 heteroatoms. The molecule has 0 bridgehead atoms. The molecule has 1 aliphatic rings. The lowest BCUT2D eigenvalue weighted by Crippen LogP contribution is -2.35. The Morgan fingerprint density at radius 2 is 1.77 bits per heavy atom. The highest BCUT2D eigenvalue weighted by atomic mass is 16.2. The first-order chi connectivity index (χ1) is 14.4. The van der Waals surface area contributed by atoms with E-state index in [4.69, 9.17) is 0 Å². The van der Waals surface area contributed by atoms with Crippen LogP contribution in [-0.4, -0.2) is 27.5 Å². The zero-order valence-corrected chi connectivity index (χ0v) is 16.6. The lowest BCUT2D eigenvalue weighted by Gasteiger charge is -2.24. The molecule has 3 amide bonds. The Balaban J connectivity index is 1.64. The molecular formula is C22H21N5O3. The molecule has 1 aliphatic heterocycles. The molecule has 30 heavy (non-hydrogen) atoms. The van der Waals surface area contributed by atoms with Crippen LogP contribution in [0.3, 0.4) is 0 Å². The van der Waals surface area contributed by atoms with Crippen molar-refractivity contribution in [3.63, 3.8) is 0 Å². The van der Waals surface area contributed by atoms with Crippen LogP contribution in [0.25, 0.3) is 11.3 Å². The van der Waals surface area contributed by atoms with E-state index in [0.717, 1.165) is 16.8 Å². The van der Waals surface area contributed by atoms with Crippen LogP contribution >= 0.6 is 0 Å². The van der Waals surface area contributed by atoms with Gasteiger partial charge in [0.2, 0.25) is 17.7 Å². The first-order valence-corrected chi connectivity index (χ1v) is 9.55. The molecule has 2 aromatic carbocycles. The van der Waals surface area contributed by atoms with Gasteiger partial charge in [0.05, 0.1) is 12.1 Å². The summed E-state index contributed by atoms with van der Waals surface area (Å²) in [6, 6.07) is 15.7. The second kappa shape index (κ2) is 7.82. The number of anilines is 3. The van der Waals surface area contributed by atoms with Gasteiger partial charge < -0.3 is 16.0 Å². The average molecular weight is 403 g/mol. The second-order valence-electron chi connectivity index (χ2n) is 7.15. The maximum Gasteiger partial charge on any atom is 0.249 e. The van der Waals surface area contributed by atoms with E-state index >= 15 is 0 Å². The Bertz CT molecular complexity index is 1140. The van der Waals surface area contributed by atoms with Crippen LogP contribution in [0.2, 0.25) is 0 Å². The summed E-state index contributed by atoms with van der Waals surface area (Å²) >= 11 is 0. The lowest BCUT2D eigenvalue weighted by atomic mass is 10.1. The van der Waals surface area contributed by atoms with Crippen molar-refractivity contribution < 1.29 is 14.4 Å². The summed E-state index contributed by atoms with van der Waals surface area (Å²) < 4.78 is 1.58. The summed E-state index contributed by atoms with van der Waals surface area (Å²) in [4.78, 5) is 36.6. The molecule has 8 nitrogen and oxygen atoms in total. The topological polar surface area (TPSA) is 105 Å². The number of aromatic nitrogens is 2. The van der Waals surface area contributed by atoms with Gasteiger partial charge in [-0.25, -0.2) is 4.68 Å². The molecule has 4 rings (SSSR count). The number of fused-ring (bicyclic) bond motifs is 1. The van der Waals surface area contributed by atoms with Crippen molar-refractivity contribution in [3.8, 4) is 11.3 Å². The van der Waals surface area contributed by atoms with E-state index in [0.29, 0.717) is 17.2 Å². The largest absolute Gasteiger partial charge is 0.326 e. The van der Waals surface area contributed by atoms with Crippen LogP contribution in [0.1, 0.15) is 24.9 Å². The predicted octanol–water partition coefficient (Wildman–Crippen LogP) is 3.34. The van der Waals surface area contributed by atoms with E-state index in [2.05, 4.69) is 21.0 Å². The van der Waals surface area contributed by atoms with Crippen molar-refractivity contribution in [2.24, 2.45) is 0 Å². The Morgan fingerprint density at radius 1 is 1.07 bits per heavy atom. The molecular weight excluding hydrogens is 382 g/mol. The number of hydrogen-bond acceptors (Lipinski definition) is 4. The van der Waals surface area contributed by atoms with E-state index in [-0.39, 0.29) is 24.1 Å². The van der Waals surface area contributed by atoms with Gasteiger partial charge in [-0.3, -0.25) is 14.4 Å². The summed E-state index contributed by atoms with van der Waals surface area (Å²) in [6.45, 7) is 3.29. The van der Waals surface area contributed by atoms with Gasteiger partial charge in [0.1, 0.15) is 11.9 Å². The molecule has 0 radical (unpaired) electrons. The smallest absolute Gasteiger partial charge is 0.249 e. The van der Waals surface area contributed by atoms with Gasteiger partial charge in [-0.2, -0.15) is 5.10 Å². The molecule has 0 saturated heterocycles. The zero-order valence-electron chi connectivity index (χ0n) is 16.6. The van der Waals surface area contributed by atoms with Crippen LogP contribution in [0.5, 0.6) is 0 Å². The molecule has 1 atom stereocenters. The summed E-state index contributed by atoms with van der Waals surface area (Å²) in [5, 5.41) is 13.0.